The first-order valence-electron chi connectivity index (χ1n) is 35.8. The number of aldehydes is 1. The van der Waals surface area contributed by atoms with Crippen molar-refractivity contribution >= 4 is 6.29 Å². The van der Waals surface area contributed by atoms with Crippen LogP contribution in [-0.2, 0) is 4.79 Å². The van der Waals surface area contributed by atoms with Gasteiger partial charge in [-0.2, -0.15) is 0 Å². The lowest BCUT2D eigenvalue weighted by atomic mass is 10.4. The minimum absolute atomic E-state index is 0. The molecule has 0 saturated heterocycles. The Morgan fingerprint density at radius 1 is 0.176 bits per heavy atom. The lowest BCUT2D eigenvalue weighted by molar-refractivity contribution is -0.106. The number of aliphatic hydroxyl groups is 1. The van der Waals surface area contributed by atoms with Gasteiger partial charge in [-0.25, -0.2) is 0 Å². The minimum atomic E-state index is 0. The molecule has 0 heterocycles. The van der Waals surface area contributed by atoms with Gasteiger partial charge in [0.25, 0.3) is 0 Å². The summed E-state index contributed by atoms with van der Waals surface area (Å²) in [5.74, 6) is 0. The minimum Gasteiger partial charge on any atom is -0.397 e. The van der Waals surface area contributed by atoms with Gasteiger partial charge in [-0.05, 0) is 13.8 Å². The van der Waals surface area contributed by atoms with Crippen LogP contribution in [0.5, 0.6) is 0 Å². The summed E-state index contributed by atoms with van der Waals surface area (Å²) in [4.78, 5) is 8.81. The summed E-state index contributed by atoms with van der Waals surface area (Å²) < 4.78 is 0. The maximum atomic E-state index is 8.81. The van der Waals surface area contributed by atoms with Gasteiger partial charge in [0, 0.05) is 6.61 Å². The molecule has 2 nitrogen and oxygen atoms in total. The lowest BCUT2D eigenvalue weighted by Crippen LogP contribution is -1.57. The van der Waals surface area contributed by atoms with Crippen molar-refractivity contribution in [3.05, 3.63) is 182 Å². The zero-order valence-electron chi connectivity index (χ0n) is 69.5. The summed E-state index contributed by atoms with van der Waals surface area (Å²) in [5, 5.41) is 7.57. The maximum Gasteiger partial charge on any atom is 0.116 e. The van der Waals surface area contributed by atoms with Crippen molar-refractivity contribution in [1.29, 1.82) is 0 Å². The topological polar surface area (TPSA) is 37.3 Å². The average Bonchev–Trinajstić information content (AvgIpc) is 3.69. The fraction of sp³-hybridized carbons (Fsp3) is 0.627. The molecule has 0 saturated carbocycles. The normalized spacial score (nSPS) is 4.88. The standard InChI is InChI=1S/5C6H6.C2H6O.C2H4O.24C2H6.CH4/c5*1-2-4-6-5-3-1;2*1-2-3;24*1-2;/h5*1-6H;3H,2H2,1H3;2H,1H3;24*1-2H3;1H4. The van der Waals surface area contributed by atoms with E-state index in [9.17, 15) is 0 Å². The van der Waals surface area contributed by atoms with Crippen molar-refractivity contribution in [1.82, 2.24) is 0 Å². The SMILES string of the molecule is C.CC.CC.CC.CC.CC.CC.CC.CC.CC.CC.CC.CC.CC.CC.CC.CC.CC.CC.CC.CC.CC.CC.CC.CC.CC=O.CCO.c1ccccc1.c1ccccc1.c1ccccc1.c1ccccc1.c1ccccc1. The second-order valence-electron chi connectivity index (χ2n) is 6.33. The number of hydrogen-bond acceptors (Lipinski definition) is 2. The Morgan fingerprint density at radius 3 is 0.200 bits per heavy atom. The molecule has 0 atom stereocenters. The Morgan fingerprint density at radius 2 is 0.188 bits per heavy atom. The van der Waals surface area contributed by atoms with Crippen molar-refractivity contribution < 1.29 is 9.90 Å². The molecule has 0 unspecified atom stereocenters. The quantitative estimate of drug-likeness (QED) is 0.157. The van der Waals surface area contributed by atoms with Gasteiger partial charge < -0.3 is 9.90 Å². The van der Waals surface area contributed by atoms with Crippen LogP contribution in [0.4, 0.5) is 0 Å². The van der Waals surface area contributed by atoms with Gasteiger partial charge in [0.15, 0.2) is 0 Å². The van der Waals surface area contributed by atoms with Crippen molar-refractivity contribution in [2.45, 2.75) is 354 Å². The molecule has 0 aliphatic rings. The van der Waals surface area contributed by atoms with Crippen LogP contribution in [-0.4, -0.2) is 18.0 Å². The van der Waals surface area contributed by atoms with E-state index in [0.717, 1.165) is 6.29 Å². The van der Waals surface area contributed by atoms with Gasteiger partial charge in [0.05, 0.1) is 0 Å². The zero-order chi connectivity index (χ0) is 74.6. The summed E-state index contributed by atoms with van der Waals surface area (Å²) in [7, 11) is 0. The van der Waals surface area contributed by atoms with Crippen LogP contribution in [0.2, 0.25) is 0 Å². The smallest absolute Gasteiger partial charge is 0.116 e. The second kappa shape index (κ2) is 643. The third-order valence-electron chi connectivity index (χ3n) is 3.33. The fourth-order valence-corrected chi connectivity index (χ4v) is 1.92. The van der Waals surface area contributed by atoms with Crippen molar-refractivity contribution in [2.24, 2.45) is 0 Å². The third-order valence-corrected chi connectivity index (χ3v) is 3.33. The first-order valence-corrected chi connectivity index (χ1v) is 35.8. The molecule has 0 amide bonds. The van der Waals surface area contributed by atoms with E-state index in [1.165, 1.54) is 6.92 Å². The summed E-state index contributed by atoms with van der Waals surface area (Å²) in [6, 6.07) is 60.0. The van der Waals surface area contributed by atoms with E-state index >= 15 is 0 Å². The average molecular weight is 1220 g/mol. The second-order valence-corrected chi connectivity index (χ2v) is 6.33. The summed E-state index contributed by atoms with van der Waals surface area (Å²) >= 11 is 0. The molecule has 0 aliphatic carbocycles. The Balaban J connectivity index is -0.0000000167. The molecule has 5 aromatic carbocycles. The predicted molar refractivity (Wildman–Crippen MR) is 436 cm³/mol. The Kier molecular flexibility index (Phi) is 1340. The maximum absolute atomic E-state index is 8.81. The molecule has 0 fully saturated rings. The van der Waals surface area contributed by atoms with Crippen LogP contribution in [0.3, 0.4) is 0 Å². The van der Waals surface area contributed by atoms with E-state index in [0.29, 0.717) is 0 Å². The Labute approximate surface area is 555 Å². The summed E-state index contributed by atoms with van der Waals surface area (Å²) in [6.07, 6.45) is 0.750. The van der Waals surface area contributed by atoms with Gasteiger partial charge in [-0.3, -0.25) is 0 Å². The van der Waals surface area contributed by atoms with Crippen LogP contribution < -0.4 is 0 Å². The fourth-order valence-electron chi connectivity index (χ4n) is 1.92. The molecule has 5 rings (SSSR count). The van der Waals surface area contributed by atoms with Gasteiger partial charge >= 0.3 is 0 Å². The molecule has 0 radical (unpaired) electrons. The molecule has 0 aromatic heterocycles. The molecule has 5 aromatic rings. The van der Waals surface area contributed by atoms with Crippen LogP contribution >= 0.6 is 0 Å². The highest BCUT2D eigenvalue weighted by atomic mass is 16.2. The van der Waals surface area contributed by atoms with Crippen molar-refractivity contribution in [3.63, 3.8) is 0 Å². The third kappa shape index (κ3) is 728. The predicted octanol–water partition coefficient (Wildman–Crippen LogP) is 33.9. The summed E-state index contributed by atoms with van der Waals surface area (Å²) in [5.41, 5.74) is 0. The number of aliphatic hydroxyl groups excluding tert-OH is 1. The molecule has 1 N–H and O–H groups in total. The van der Waals surface area contributed by atoms with Gasteiger partial charge in [-0.1, -0.05) is 522 Å². The van der Waals surface area contributed by atoms with E-state index < -0.39 is 0 Å². The Bertz CT molecular complexity index is 617. The number of hydrogen-bond donors (Lipinski definition) is 1. The van der Waals surface area contributed by atoms with Gasteiger partial charge in [0.2, 0.25) is 0 Å². The Hall–Kier alpha value is -4.27. The van der Waals surface area contributed by atoms with E-state index in [4.69, 9.17) is 9.90 Å². The zero-order valence-corrected chi connectivity index (χ0v) is 69.5. The molecule has 85 heavy (non-hydrogen) atoms. The highest BCUT2D eigenvalue weighted by molar-refractivity contribution is 5.44. The molecule has 0 aliphatic heterocycles. The van der Waals surface area contributed by atoms with Crippen molar-refractivity contribution in [2.75, 3.05) is 6.61 Å². The number of rotatable bonds is 0. The summed E-state index contributed by atoms with van der Waals surface area (Å²) in [6.45, 7) is 99.4. The van der Waals surface area contributed by atoms with Crippen LogP contribution in [0, 0.1) is 0 Å². The number of carbonyl (C=O) groups is 1. The molecular formula is C83H188O2. The molecule has 0 bridgehead atoms. The number of carbonyl (C=O) groups excluding carboxylic acids is 1. The number of benzene rings is 5. The molecule has 532 valence electrons. The van der Waals surface area contributed by atoms with Gasteiger partial charge in [0.1, 0.15) is 6.29 Å². The van der Waals surface area contributed by atoms with Gasteiger partial charge in [-0.15, -0.1) is 0 Å². The lowest BCUT2D eigenvalue weighted by Gasteiger charge is -1.69. The molecule has 2 heteroatoms. The van der Waals surface area contributed by atoms with Crippen LogP contribution in [0.25, 0.3) is 0 Å². The molecule has 0 spiro atoms. The van der Waals surface area contributed by atoms with E-state index in [-0.39, 0.29) is 14.0 Å². The van der Waals surface area contributed by atoms with E-state index in [2.05, 4.69) is 0 Å². The van der Waals surface area contributed by atoms with Crippen LogP contribution in [0.15, 0.2) is 182 Å². The highest BCUT2D eigenvalue weighted by Gasteiger charge is 1.60. The van der Waals surface area contributed by atoms with Crippen LogP contribution in [0.1, 0.15) is 354 Å². The first kappa shape index (κ1) is 178. The van der Waals surface area contributed by atoms with E-state index in [1.807, 2.05) is 514 Å². The highest BCUT2D eigenvalue weighted by Crippen LogP contribution is 1.82. The van der Waals surface area contributed by atoms with Crippen molar-refractivity contribution in [3.8, 4) is 0 Å². The first-order chi connectivity index (χ1) is 41.8. The molecular weight excluding hydrogens is 1030 g/mol. The van der Waals surface area contributed by atoms with E-state index in [1.54, 1.807) is 6.92 Å². The largest absolute Gasteiger partial charge is 0.397 e. The monoisotopic (exact) mass is 1220 g/mol.